The van der Waals surface area contributed by atoms with Crippen molar-refractivity contribution in [2.24, 2.45) is 5.92 Å². The van der Waals surface area contributed by atoms with E-state index < -0.39 is 0 Å². The molecule has 0 heteroatoms. The largest absolute Gasteiger partial charge is 0.0955 e. The van der Waals surface area contributed by atoms with Gasteiger partial charge in [-0.3, -0.25) is 0 Å². The van der Waals surface area contributed by atoms with E-state index in [1.807, 2.05) is 13.8 Å². The van der Waals surface area contributed by atoms with Gasteiger partial charge in [0.1, 0.15) is 0 Å². The van der Waals surface area contributed by atoms with Gasteiger partial charge in [-0.25, -0.2) is 0 Å². The van der Waals surface area contributed by atoms with E-state index >= 15 is 0 Å². The molecular formula is C32H48. The first-order chi connectivity index (χ1) is 15.5. The molecule has 2 aromatic rings. The Morgan fingerprint density at radius 3 is 2.09 bits per heavy atom. The Hall–Kier alpha value is -2.08. The topological polar surface area (TPSA) is 0 Å². The molecule has 2 aromatic carbocycles. The van der Waals surface area contributed by atoms with Crippen LogP contribution in [0.5, 0.6) is 0 Å². The summed E-state index contributed by atoms with van der Waals surface area (Å²) in [5, 5.41) is 0. The molecule has 1 atom stereocenters. The maximum atomic E-state index is 4.31. The van der Waals surface area contributed by atoms with E-state index in [0.717, 1.165) is 11.5 Å². The zero-order chi connectivity index (χ0) is 23.9. The monoisotopic (exact) mass is 432 g/mol. The highest BCUT2D eigenvalue weighted by Gasteiger charge is 2.21. The minimum Gasteiger partial charge on any atom is -0.0955 e. The predicted octanol–water partition coefficient (Wildman–Crippen LogP) is 10.5. The number of rotatable bonds is 8. The fraction of sp³-hybridized carbons (Fsp3) is 0.500. The number of benzene rings is 2. The van der Waals surface area contributed by atoms with Crippen molar-refractivity contribution in [1.82, 2.24) is 0 Å². The molecule has 0 amide bonds. The Morgan fingerprint density at radius 2 is 1.56 bits per heavy atom. The van der Waals surface area contributed by atoms with E-state index in [9.17, 15) is 0 Å². The third-order valence-electron chi connectivity index (χ3n) is 6.38. The van der Waals surface area contributed by atoms with Crippen molar-refractivity contribution in [3.8, 4) is 0 Å². The summed E-state index contributed by atoms with van der Waals surface area (Å²) in [7, 11) is 0. The highest BCUT2D eigenvalue weighted by atomic mass is 14.3. The number of allylic oxidation sites excluding steroid dienone is 2. The van der Waals surface area contributed by atoms with Gasteiger partial charge in [-0.2, -0.15) is 0 Å². The number of hydrogen-bond acceptors (Lipinski definition) is 0. The molecule has 0 nitrogen and oxygen atoms in total. The molecule has 1 unspecified atom stereocenters. The number of aryl methyl sites for hydroxylation is 1. The third kappa shape index (κ3) is 8.45. The summed E-state index contributed by atoms with van der Waals surface area (Å²) in [5.74, 6) is 1.49. The van der Waals surface area contributed by atoms with E-state index in [1.165, 1.54) is 79.2 Å². The van der Waals surface area contributed by atoms with Crippen LogP contribution in [-0.4, -0.2) is 0 Å². The Labute approximate surface area is 199 Å². The second-order valence-electron chi connectivity index (χ2n) is 8.89. The zero-order valence-electron chi connectivity index (χ0n) is 21.8. The summed E-state index contributed by atoms with van der Waals surface area (Å²) in [6, 6.07) is 17.6. The van der Waals surface area contributed by atoms with E-state index in [4.69, 9.17) is 0 Å². The highest BCUT2D eigenvalue weighted by molar-refractivity contribution is 5.73. The molecule has 1 aliphatic rings. The molecule has 1 aliphatic carbocycles. The summed E-state index contributed by atoms with van der Waals surface area (Å²) in [6.07, 6.45) is 10.2. The van der Waals surface area contributed by atoms with Crippen molar-refractivity contribution < 1.29 is 0 Å². The first-order valence-corrected chi connectivity index (χ1v) is 13.0. The smallest absolute Gasteiger partial charge is 0.0159 e. The van der Waals surface area contributed by atoms with E-state index in [1.54, 1.807) is 0 Å². The number of hydrogen-bond donors (Lipinski definition) is 0. The lowest BCUT2D eigenvalue weighted by Crippen LogP contribution is -2.12. The summed E-state index contributed by atoms with van der Waals surface area (Å²) >= 11 is 0. The van der Waals surface area contributed by atoms with E-state index in [0.29, 0.717) is 5.92 Å². The van der Waals surface area contributed by atoms with Gasteiger partial charge in [-0.1, -0.05) is 121 Å². The number of fused-ring (bicyclic) bond motifs is 1. The lowest BCUT2D eigenvalue weighted by Gasteiger charge is -2.27. The van der Waals surface area contributed by atoms with Crippen LogP contribution < -0.4 is 0 Å². The lowest BCUT2D eigenvalue weighted by molar-refractivity contribution is 0.539. The first-order valence-electron chi connectivity index (χ1n) is 13.0. The van der Waals surface area contributed by atoms with Gasteiger partial charge in [0, 0.05) is 0 Å². The van der Waals surface area contributed by atoms with Crippen LogP contribution in [-0.2, 0) is 6.42 Å². The lowest BCUT2D eigenvalue weighted by atomic mass is 9.77. The molecule has 0 saturated heterocycles. The van der Waals surface area contributed by atoms with Crippen LogP contribution in [0.2, 0.25) is 0 Å². The van der Waals surface area contributed by atoms with Gasteiger partial charge in [0.25, 0.3) is 0 Å². The maximum Gasteiger partial charge on any atom is -0.0159 e. The van der Waals surface area contributed by atoms with Crippen LogP contribution in [0, 0.1) is 5.92 Å². The molecule has 0 aliphatic heterocycles. The molecule has 32 heavy (non-hydrogen) atoms. The van der Waals surface area contributed by atoms with Crippen LogP contribution in [0.3, 0.4) is 0 Å². The minimum absolute atomic E-state index is 0.697. The van der Waals surface area contributed by atoms with Crippen molar-refractivity contribution in [2.45, 2.75) is 98.8 Å². The normalized spacial score (nSPS) is 14.6. The molecule has 0 fully saturated rings. The molecule has 0 N–H and O–H groups in total. The Bertz CT molecular complexity index is 790. The van der Waals surface area contributed by atoms with Crippen molar-refractivity contribution in [3.63, 3.8) is 0 Å². The van der Waals surface area contributed by atoms with Crippen LogP contribution in [0.4, 0.5) is 0 Å². The van der Waals surface area contributed by atoms with Gasteiger partial charge in [0.2, 0.25) is 0 Å². The first kappa shape index (κ1) is 28.0. The van der Waals surface area contributed by atoms with Crippen molar-refractivity contribution in [3.05, 3.63) is 83.9 Å². The fourth-order valence-electron chi connectivity index (χ4n) is 4.67. The molecule has 0 spiro atoms. The van der Waals surface area contributed by atoms with E-state index in [-0.39, 0.29) is 0 Å². The standard InChI is InChI=1S/C17H22.C13H20.C2H6/c1-5-6-14-7-8-16-11-15(12(2)3)9-10-17(16)13(14)4;1-3-8-12(9-4-2)13-10-6-5-7-11-13;1-2/h9-11,14H,2,4-8H2,1,3H3;5-7,10-12H,3-4,8-9H2,1-2H3;1-2H3. The van der Waals surface area contributed by atoms with Crippen molar-refractivity contribution in [1.29, 1.82) is 0 Å². The fourth-order valence-corrected chi connectivity index (χ4v) is 4.67. The van der Waals surface area contributed by atoms with Gasteiger partial charge in [-0.15, -0.1) is 0 Å². The minimum atomic E-state index is 0.697. The molecule has 0 bridgehead atoms. The van der Waals surface area contributed by atoms with Crippen LogP contribution in [0.25, 0.3) is 11.1 Å². The SMILES string of the molecule is C=C(C)c1ccc2c(c1)CCC(CCC)C2=C.CC.CCCC(CCC)c1ccccc1. The van der Waals surface area contributed by atoms with Gasteiger partial charge >= 0.3 is 0 Å². The molecular weight excluding hydrogens is 384 g/mol. The quantitative estimate of drug-likeness (QED) is 0.389. The van der Waals surface area contributed by atoms with Crippen molar-refractivity contribution >= 4 is 11.1 Å². The van der Waals surface area contributed by atoms with Gasteiger partial charge in [-0.05, 0) is 78.7 Å². The van der Waals surface area contributed by atoms with Crippen molar-refractivity contribution in [2.75, 3.05) is 0 Å². The van der Waals surface area contributed by atoms with E-state index in [2.05, 4.69) is 89.4 Å². The summed E-state index contributed by atoms with van der Waals surface area (Å²) in [5.41, 5.74) is 8.13. The average Bonchev–Trinajstić information content (AvgIpc) is 2.83. The third-order valence-corrected chi connectivity index (χ3v) is 6.38. The van der Waals surface area contributed by atoms with Crippen LogP contribution >= 0.6 is 0 Å². The molecule has 176 valence electrons. The second kappa shape index (κ2) is 15.7. The Morgan fingerprint density at radius 1 is 0.938 bits per heavy atom. The van der Waals surface area contributed by atoms with Gasteiger partial charge in [0.15, 0.2) is 0 Å². The highest BCUT2D eigenvalue weighted by Crippen LogP contribution is 2.37. The maximum absolute atomic E-state index is 4.31. The van der Waals surface area contributed by atoms with Crippen LogP contribution in [0.15, 0.2) is 61.7 Å². The summed E-state index contributed by atoms with van der Waals surface area (Å²) < 4.78 is 0. The molecule has 0 heterocycles. The Kier molecular flexibility index (Phi) is 13.7. The van der Waals surface area contributed by atoms with Gasteiger partial charge in [0.05, 0.1) is 0 Å². The van der Waals surface area contributed by atoms with Gasteiger partial charge < -0.3 is 0 Å². The second-order valence-corrected chi connectivity index (χ2v) is 8.89. The van der Waals surface area contributed by atoms with Crippen LogP contribution in [0.1, 0.15) is 115 Å². The molecule has 0 radical (unpaired) electrons. The molecule has 3 rings (SSSR count). The predicted molar refractivity (Wildman–Crippen MR) is 147 cm³/mol. The Balaban J connectivity index is 0.000000307. The summed E-state index contributed by atoms with van der Waals surface area (Å²) in [4.78, 5) is 0. The zero-order valence-corrected chi connectivity index (χ0v) is 21.8. The molecule has 0 saturated carbocycles. The summed E-state index contributed by atoms with van der Waals surface area (Å²) in [6.45, 7) is 21.2. The average molecular weight is 433 g/mol. The molecule has 0 aromatic heterocycles.